The second-order valence-electron chi connectivity index (χ2n) is 4.46. The second-order valence-corrected chi connectivity index (χ2v) is 6.67. The molecule has 0 N–H and O–H groups in total. The molecule has 1 saturated heterocycles. The lowest BCUT2D eigenvalue weighted by atomic mass is 9.95. The molecule has 1 unspecified atom stereocenters. The number of thioether (sulfide) groups is 2. The summed E-state index contributed by atoms with van der Waals surface area (Å²) in [5.74, 6) is 4.35. The van der Waals surface area contributed by atoms with Gasteiger partial charge in [-0.15, -0.1) is 0 Å². The smallest absolute Gasteiger partial charge is 0.161 e. The number of Topliss-reactive ketones (excluding diaryl/α,β-unsaturated/α-hetero) is 1. The summed E-state index contributed by atoms with van der Waals surface area (Å²) in [6, 6.07) is 0. The van der Waals surface area contributed by atoms with Gasteiger partial charge in [0.2, 0.25) is 0 Å². The van der Waals surface area contributed by atoms with Crippen molar-refractivity contribution in [3.05, 3.63) is 0 Å². The van der Waals surface area contributed by atoms with Crippen molar-refractivity contribution in [1.82, 2.24) is 0 Å². The first kappa shape index (κ1) is 15.4. The first-order valence-corrected chi connectivity index (χ1v) is 9.06. The highest BCUT2D eigenvalue weighted by molar-refractivity contribution is 7.99. The molecule has 1 rings (SSSR count). The zero-order valence-electron chi connectivity index (χ0n) is 10.8. The Hall–Kier alpha value is 0.330. The van der Waals surface area contributed by atoms with Gasteiger partial charge in [-0.2, -0.15) is 23.5 Å². The molecule has 0 radical (unpaired) electrons. The topological polar surface area (TPSA) is 26.3 Å². The first-order chi connectivity index (χ1) is 8.34. The van der Waals surface area contributed by atoms with E-state index in [9.17, 15) is 4.79 Å². The standard InChI is InChI=1S/C13H24O2S2/c1-16-8-4-10-17-9-3-6-12-5-2-7-15-11-13(12)14/h12H,2-11H2,1H3. The third-order valence-corrected chi connectivity index (χ3v) is 4.87. The zero-order valence-corrected chi connectivity index (χ0v) is 12.4. The van der Waals surface area contributed by atoms with Crippen molar-refractivity contribution in [2.45, 2.75) is 32.1 Å². The van der Waals surface area contributed by atoms with Crippen LogP contribution in [0.2, 0.25) is 0 Å². The zero-order chi connectivity index (χ0) is 12.3. The van der Waals surface area contributed by atoms with Gasteiger partial charge in [-0.1, -0.05) is 0 Å². The van der Waals surface area contributed by atoms with Gasteiger partial charge in [-0.05, 0) is 55.6 Å². The molecule has 1 heterocycles. The van der Waals surface area contributed by atoms with Gasteiger partial charge in [0.05, 0.1) is 0 Å². The summed E-state index contributed by atoms with van der Waals surface area (Å²) in [5.41, 5.74) is 0. The third-order valence-electron chi connectivity index (χ3n) is 3.02. The monoisotopic (exact) mass is 276 g/mol. The fourth-order valence-electron chi connectivity index (χ4n) is 2.03. The van der Waals surface area contributed by atoms with Gasteiger partial charge in [-0.3, -0.25) is 4.79 Å². The number of ketones is 1. The van der Waals surface area contributed by atoms with Crippen LogP contribution >= 0.6 is 23.5 Å². The summed E-state index contributed by atoms with van der Waals surface area (Å²) < 4.78 is 5.25. The number of rotatable bonds is 8. The minimum Gasteiger partial charge on any atom is -0.374 e. The molecule has 0 amide bonds. The van der Waals surface area contributed by atoms with E-state index < -0.39 is 0 Å². The van der Waals surface area contributed by atoms with Crippen LogP contribution in [0.5, 0.6) is 0 Å². The maximum absolute atomic E-state index is 11.7. The molecule has 0 aliphatic carbocycles. The van der Waals surface area contributed by atoms with E-state index in [1.54, 1.807) is 0 Å². The van der Waals surface area contributed by atoms with Crippen molar-refractivity contribution in [3.8, 4) is 0 Å². The van der Waals surface area contributed by atoms with Crippen LogP contribution < -0.4 is 0 Å². The van der Waals surface area contributed by atoms with E-state index in [-0.39, 0.29) is 5.92 Å². The Labute approximate surface area is 114 Å². The summed E-state index contributed by atoms with van der Waals surface area (Å²) in [4.78, 5) is 11.7. The van der Waals surface area contributed by atoms with E-state index >= 15 is 0 Å². The molecule has 2 nitrogen and oxygen atoms in total. The van der Waals surface area contributed by atoms with Gasteiger partial charge >= 0.3 is 0 Å². The Morgan fingerprint density at radius 3 is 2.94 bits per heavy atom. The third kappa shape index (κ3) is 7.37. The summed E-state index contributed by atoms with van der Waals surface area (Å²) >= 11 is 3.95. The van der Waals surface area contributed by atoms with Crippen molar-refractivity contribution in [3.63, 3.8) is 0 Å². The van der Waals surface area contributed by atoms with Crippen molar-refractivity contribution >= 4 is 29.3 Å². The molecule has 100 valence electrons. The lowest BCUT2D eigenvalue weighted by molar-refractivity contribution is -0.126. The van der Waals surface area contributed by atoms with Gasteiger partial charge in [0.25, 0.3) is 0 Å². The van der Waals surface area contributed by atoms with Crippen LogP contribution in [0.15, 0.2) is 0 Å². The van der Waals surface area contributed by atoms with E-state index in [2.05, 4.69) is 6.26 Å². The summed E-state index contributed by atoms with van der Waals surface area (Å²) in [6.45, 7) is 1.12. The molecule has 0 spiro atoms. The van der Waals surface area contributed by atoms with E-state index in [1.807, 2.05) is 23.5 Å². The SMILES string of the molecule is CSCCCSCCCC1CCCOCC1=O. The number of hydrogen-bond acceptors (Lipinski definition) is 4. The molecule has 0 aromatic carbocycles. The van der Waals surface area contributed by atoms with E-state index in [0.717, 1.165) is 25.9 Å². The molecule has 0 aromatic heterocycles. The molecule has 0 saturated carbocycles. The normalized spacial score (nSPS) is 21.5. The van der Waals surface area contributed by atoms with Crippen molar-refractivity contribution in [2.75, 3.05) is 36.7 Å². The van der Waals surface area contributed by atoms with Crippen LogP contribution in [0.4, 0.5) is 0 Å². The number of carbonyl (C=O) groups is 1. The summed E-state index contributed by atoms with van der Waals surface area (Å²) in [5, 5.41) is 0. The van der Waals surface area contributed by atoms with E-state index in [1.165, 1.54) is 30.1 Å². The van der Waals surface area contributed by atoms with Gasteiger partial charge in [0.15, 0.2) is 5.78 Å². The largest absolute Gasteiger partial charge is 0.374 e. The highest BCUT2D eigenvalue weighted by Gasteiger charge is 2.20. The van der Waals surface area contributed by atoms with Crippen molar-refractivity contribution in [1.29, 1.82) is 0 Å². The molecule has 1 aliphatic heterocycles. The van der Waals surface area contributed by atoms with Crippen molar-refractivity contribution < 1.29 is 9.53 Å². The first-order valence-electron chi connectivity index (χ1n) is 6.51. The fraction of sp³-hybridized carbons (Fsp3) is 0.923. The van der Waals surface area contributed by atoms with Crippen LogP contribution in [-0.4, -0.2) is 42.5 Å². The average molecular weight is 276 g/mol. The number of ether oxygens (including phenoxy) is 1. The highest BCUT2D eigenvalue weighted by atomic mass is 32.2. The summed E-state index contributed by atoms with van der Waals surface area (Å²) in [7, 11) is 0. The highest BCUT2D eigenvalue weighted by Crippen LogP contribution is 2.19. The van der Waals surface area contributed by atoms with Gasteiger partial charge in [0, 0.05) is 12.5 Å². The average Bonchev–Trinajstić information content (AvgIpc) is 2.53. The number of carbonyl (C=O) groups excluding carboxylic acids is 1. The minimum absolute atomic E-state index is 0.282. The van der Waals surface area contributed by atoms with Gasteiger partial charge in [0.1, 0.15) is 6.61 Å². The summed E-state index contributed by atoms with van der Waals surface area (Å²) in [6.07, 6.45) is 7.80. The quantitative estimate of drug-likeness (QED) is 0.636. The van der Waals surface area contributed by atoms with Gasteiger partial charge < -0.3 is 4.74 Å². The Morgan fingerprint density at radius 2 is 2.12 bits per heavy atom. The van der Waals surface area contributed by atoms with Crippen LogP contribution in [0.25, 0.3) is 0 Å². The van der Waals surface area contributed by atoms with Crippen LogP contribution in [0, 0.1) is 5.92 Å². The Morgan fingerprint density at radius 1 is 1.29 bits per heavy atom. The lowest BCUT2D eigenvalue weighted by Gasteiger charge is -2.11. The minimum atomic E-state index is 0.282. The van der Waals surface area contributed by atoms with Crippen LogP contribution in [-0.2, 0) is 9.53 Å². The van der Waals surface area contributed by atoms with Crippen molar-refractivity contribution in [2.24, 2.45) is 5.92 Å². The van der Waals surface area contributed by atoms with Gasteiger partial charge in [-0.25, -0.2) is 0 Å². The molecular weight excluding hydrogens is 252 g/mol. The lowest BCUT2D eigenvalue weighted by Crippen LogP contribution is -2.17. The molecule has 1 aliphatic rings. The van der Waals surface area contributed by atoms with E-state index in [4.69, 9.17) is 4.74 Å². The number of hydrogen-bond donors (Lipinski definition) is 0. The maximum atomic E-state index is 11.7. The Bertz CT molecular complexity index is 210. The molecular formula is C13H24O2S2. The predicted molar refractivity (Wildman–Crippen MR) is 78.1 cm³/mol. The van der Waals surface area contributed by atoms with Crippen LogP contribution in [0.3, 0.4) is 0 Å². The Kier molecular flexibility index (Phi) is 9.30. The molecule has 0 bridgehead atoms. The second kappa shape index (κ2) is 10.3. The molecule has 4 heteroatoms. The molecule has 1 fully saturated rings. The molecule has 1 atom stereocenters. The predicted octanol–water partition coefficient (Wildman–Crippen LogP) is 3.25. The fourth-order valence-corrected chi connectivity index (χ4v) is 3.57. The molecule has 0 aromatic rings. The maximum Gasteiger partial charge on any atom is 0.161 e. The Balaban J connectivity index is 1.99. The van der Waals surface area contributed by atoms with Crippen LogP contribution in [0.1, 0.15) is 32.1 Å². The van der Waals surface area contributed by atoms with E-state index in [0.29, 0.717) is 12.4 Å². The molecule has 17 heavy (non-hydrogen) atoms.